The molecule has 1 saturated heterocycles. The molecule has 3 aromatic rings. The minimum atomic E-state index is -3.67. The number of likely N-dealkylation sites (tertiary alicyclic amines) is 1. The summed E-state index contributed by atoms with van der Waals surface area (Å²) in [6, 6.07) is 12.1. The highest BCUT2D eigenvalue weighted by atomic mass is 35.5. The second-order valence-corrected chi connectivity index (χ2v) is 13.0. The molecule has 0 radical (unpaired) electrons. The molecule has 0 aromatic heterocycles. The number of rotatable bonds is 13. The van der Waals surface area contributed by atoms with Gasteiger partial charge in [0.05, 0.1) is 28.8 Å². The van der Waals surface area contributed by atoms with Crippen molar-refractivity contribution in [3.63, 3.8) is 0 Å². The van der Waals surface area contributed by atoms with Gasteiger partial charge in [-0.05, 0) is 61.2 Å². The summed E-state index contributed by atoms with van der Waals surface area (Å²) in [7, 11) is -3.67. The van der Waals surface area contributed by atoms with Crippen LogP contribution >= 0.6 is 12.4 Å². The lowest BCUT2D eigenvalue weighted by molar-refractivity contribution is 0.0697. The molecule has 3 aromatic carbocycles. The molecule has 0 saturated carbocycles. The number of unbranched alkanes of at least 4 members (excludes halogenated alkanes) is 1. The van der Waals surface area contributed by atoms with Gasteiger partial charge in [0.2, 0.25) is 10.0 Å². The monoisotopic (exact) mass is 709 g/mol. The highest BCUT2D eigenvalue weighted by molar-refractivity contribution is 7.92. The zero-order chi connectivity index (χ0) is 34.3. The van der Waals surface area contributed by atoms with Crippen molar-refractivity contribution in [1.29, 1.82) is 0 Å². The molecule has 3 amide bonds. The normalized spacial score (nSPS) is 13.7. The van der Waals surface area contributed by atoms with Crippen LogP contribution in [0.15, 0.2) is 54.6 Å². The number of primary amides is 1. The number of halogens is 3. The molecule has 16 heteroatoms. The molecule has 0 aliphatic carbocycles. The average Bonchev–Trinajstić information content (AvgIpc) is 3.00. The van der Waals surface area contributed by atoms with Gasteiger partial charge in [-0.25, -0.2) is 26.8 Å². The maximum absolute atomic E-state index is 14.4. The van der Waals surface area contributed by atoms with Gasteiger partial charge in [-0.1, -0.05) is 25.5 Å². The van der Waals surface area contributed by atoms with Crippen LogP contribution in [-0.2, 0) is 16.6 Å². The number of piperidine rings is 1. The molecule has 1 fully saturated rings. The van der Waals surface area contributed by atoms with Crippen molar-refractivity contribution in [2.45, 2.75) is 45.2 Å². The summed E-state index contributed by atoms with van der Waals surface area (Å²) in [4.78, 5) is 40.3. The highest BCUT2D eigenvalue weighted by Gasteiger charge is 2.29. The summed E-state index contributed by atoms with van der Waals surface area (Å²) in [5, 5.41) is 12.0. The van der Waals surface area contributed by atoms with Gasteiger partial charge in [-0.3, -0.25) is 14.4 Å². The SMILES string of the molecule is CCCCN(C(=O)Nc1cc(C(N)=O)c(F)cc1F)C1CCN(Cc2ccc(Oc3ccc(NS(C)(=O)=O)c(C(=O)O)c3)cc2)CC1.Cl. The Balaban J connectivity index is 0.00000625. The molecule has 0 spiro atoms. The first-order valence-corrected chi connectivity index (χ1v) is 16.8. The first-order chi connectivity index (χ1) is 22.2. The fourth-order valence-corrected chi connectivity index (χ4v) is 5.88. The van der Waals surface area contributed by atoms with E-state index < -0.39 is 45.1 Å². The van der Waals surface area contributed by atoms with Gasteiger partial charge in [-0.15, -0.1) is 12.4 Å². The highest BCUT2D eigenvalue weighted by Crippen LogP contribution is 2.28. The van der Waals surface area contributed by atoms with E-state index in [-0.39, 0.29) is 41.1 Å². The van der Waals surface area contributed by atoms with E-state index in [0.717, 1.165) is 30.7 Å². The fraction of sp³-hybridized carbons (Fsp3) is 0.344. The average molecular weight is 710 g/mol. The van der Waals surface area contributed by atoms with E-state index in [9.17, 15) is 36.7 Å². The molecular weight excluding hydrogens is 672 g/mol. The predicted molar refractivity (Wildman–Crippen MR) is 179 cm³/mol. The Morgan fingerprint density at radius 3 is 2.21 bits per heavy atom. The lowest BCUT2D eigenvalue weighted by Crippen LogP contribution is -2.49. The number of carbonyl (C=O) groups is 3. The van der Waals surface area contributed by atoms with Crippen molar-refractivity contribution >= 4 is 51.7 Å². The van der Waals surface area contributed by atoms with Crippen LogP contribution < -0.4 is 20.5 Å². The van der Waals surface area contributed by atoms with Crippen molar-refractivity contribution in [2.24, 2.45) is 5.73 Å². The number of amides is 3. The minimum absolute atomic E-state index is 0. The standard InChI is InChI=1S/C32H37F2N5O7S.ClH/c1-3-4-13-39(32(43)36-29-17-24(30(35)40)26(33)18-27(29)34)21-11-14-38(15-12-21)19-20-5-7-22(8-6-20)46-23-9-10-28(37-47(2,44)45)25(16-23)31(41)42;/h5-10,16-18,21,37H,3-4,11-15,19H2,1-2H3,(H2,35,40)(H,36,43)(H,41,42);1H. The van der Waals surface area contributed by atoms with E-state index in [1.807, 2.05) is 19.1 Å². The summed E-state index contributed by atoms with van der Waals surface area (Å²) in [5.41, 5.74) is 5.03. The number of sulfonamides is 1. The Kier molecular flexibility index (Phi) is 13.1. The van der Waals surface area contributed by atoms with Crippen LogP contribution in [0.1, 0.15) is 58.9 Å². The molecule has 48 heavy (non-hydrogen) atoms. The largest absolute Gasteiger partial charge is 0.478 e. The number of carbonyl (C=O) groups excluding carboxylic acids is 2. The number of hydrogen-bond donors (Lipinski definition) is 4. The second-order valence-electron chi connectivity index (χ2n) is 11.3. The number of nitrogens with two attached hydrogens (primary N) is 1. The molecule has 0 atom stereocenters. The van der Waals surface area contributed by atoms with Gasteiger partial charge in [0, 0.05) is 38.3 Å². The maximum Gasteiger partial charge on any atom is 0.337 e. The Labute approximate surface area is 283 Å². The van der Waals surface area contributed by atoms with Crippen LogP contribution in [0.5, 0.6) is 11.5 Å². The number of carboxylic acid groups (broad SMARTS) is 1. The third-order valence-electron chi connectivity index (χ3n) is 7.66. The van der Waals surface area contributed by atoms with Crippen molar-refractivity contribution in [3.8, 4) is 11.5 Å². The lowest BCUT2D eigenvalue weighted by Gasteiger charge is -2.38. The smallest absolute Gasteiger partial charge is 0.337 e. The summed E-state index contributed by atoms with van der Waals surface area (Å²) >= 11 is 0. The van der Waals surface area contributed by atoms with Crippen molar-refractivity contribution in [2.75, 3.05) is 35.9 Å². The number of nitrogens with one attached hydrogen (secondary N) is 2. The number of urea groups is 1. The number of ether oxygens (including phenoxy) is 1. The molecule has 4 rings (SSSR count). The van der Waals surface area contributed by atoms with Crippen LogP contribution in [0.4, 0.5) is 25.0 Å². The van der Waals surface area contributed by atoms with Crippen molar-refractivity contribution < 1.29 is 41.4 Å². The summed E-state index contributed by atoms with van der Waals surface area (Å²) in [6.45, 7) is 4.48. The van der Waals surface area contributed by atoms with Crippen molar-refractivity contribution in [3.05, 3.63) is 82.9 Å². The minimum Gasteiger partial charge on any atom is -0.478 e. The molecule has 260 valence electrons. The van der Waals surface area contributed by atoms with Crippen LogP contribution in [0, 0.1) is 11.6 Å². The lowest BCUT2D eigenvalue weighted by atomic mass is 10.0. The summed E-state index contributed by atoms with van der Waals surface area (Å²) in [6.07, 6.45) is 3.85. The van der Waals surface area contributed by atoms with E-state index in [1.165, 1.54) is 18.2 Å². The summed E-state index contributed by atoms with van der Waals surface area (Å²) in [5.74, 6) is -3.80. The van der Waals surface area contributed by atoms with E-state index >= 15 is 0 Å². The number of anilines is 2. The topological polar surface area (TPSA) is 171 Å². The van der Waals surface area contributed by atoms with Gasteiger partial charge in [0.15, 0.2) is 0 Å². The summed E-state index contributed by atoms with van der Waals surface area (Å²) < 4.78 is 59.4. The molecule has 1 heterocycles. The van der Waals surface area contributed by atoms with Gasteiger partial charge >= 0.3 is 12.0 Å². The molecule has 5 N–H and O–H groups in total. The molecular formula is C32H38ClF2N5O7S. The van der Waals surface area contributed by atoms with Crippen LogP contribution in [-0.4, -0.2) is 73.2 Å². The fourth-order valence-electron chi connectivity index (χ4n) is 5.30. The van der Waals surface area contributed by atoms with Gasteiger partial charge in [0.1, 0.15) is 23.1 Å². The number of hydrogen-bond acceptors (Lipinski definition) is 7. The predicted octanol–water partition coefficient (Wildman–Crippen LogP) is 5.65. The molecule has 0 bridgehead atoms. The quantitative estimate of drug-likeness (QED) is 0.176. The van der Waals surface area contributed by atoms with Crippen molar-refractivity contribution in [1.82, 2.24) is 9.80 Å². The number of benzene rings is 3. The third-order valence-corrected chi connectivity index (χ3v) is 8.25. The molecule has 1 aliphatic heterocycles. The molecule has 12 nitrogen and oxygen atoms in total. The number of carboxylic acids is 1. The zero-order valence-electron chi connectivity index (χ0n) is 26.4. The number of aromatic carboxylic acids is 1. The first kappa shape index (κ1) is 38.0. The van der Waals surface area contributed by atoms with Crippen LogP contribution in [0.2, 0.25) is 0 Å². The van der Waals surface area contributed by atoms with Gasteiger partial charge in [-0.2, -0.15) is 0 Å². The zero-order valence-corrected chi connectivity index (χ0v) is 28.0. The van der Waals surface area contributed by atoms with Gasteiger partial charge in [0.25, 0.3) is 5.91 Å². The van der Waals surface area contributed by atoms with E-state index in [0.29, 0.717) is 50.8 Å². The Bertz CT molecular complexity index is 1740. The maximum atomic E-state index is 14.4. The third kappa shape index (κ3) is 10.3. The number of nitrogens with zero attached hydrogens (tertiary/aromatic N) is 2. The van der Waals surface area contributed by atoms with E-state index in [4.69, 9.17) is 10.5 Å². The molecule has 1 aliphatic rings. The van der Waals surface area contributed by atoms with E-state index in [2.05, 4.69) is 14.9 Å². The van der Waals surface area contributed by atoms with E-state index in [1.54, 1.807) is 17.0 Å². The Morgan fingerprint density at radius 1 is 0.979 bits per heavy atom. The van der Waals surface area contributed by atoms with Crippen LogP contribution in [0.3, 0.4) is 0 Å². The Morgan fingerprint density at radius 2 is 1.62 bits per heavy atom. The van der Waals surface area contributed by atoms with Gasteiger partial charge < -0.3 is 25.8 Å². The molecule has 0 unspecified atom stereocenters. The first-order valence-electron chi connectivity index (χ1n) is 14.9. The Hall–Kier alpha value is -4.47. The van der Waals surface area contributed by atoms with Crippen LogP contribution in [0.25, 0.3) is 0 Å². The second kappa shape index (κ2) is 16.6.